The van der Waals surface area contributed by atoms with E-state index in [1.807, 2.05) is 0 Å². The van der Waals surface area contributed by atoms with Gasteiger partial charge in [0.2, 0.25) is 11.8 Å². The highest BCUT2D eigenvalue weighted by Crippen LogP contribution is 2.33. The molecule has 1 aliphatic heterocycles. The molecule has 1 fully saturated rings. The number of hydrogen-bond acceptors (Lipinski definition) is 5. The number of carbonyl (C=O) groups excluding carboxylic acids is 2. The van der Waals surface area contributed by atoms with Gasteiger partial charge in [0.1, 0.15) is 19.7 Å². The molecule has 1 unspecified atom stereocenters. The fourth-order valence-electron chi connectivity index (χ4n) is 2.83. The maximum atomic E-state index is 12.9. The van der Waals surface area contributed by atoms with E-state index in [0.717, 1.165) is 4.57 Å². The number of fused-ring (bicyclic) bond motifs is 1. The second-order valence-electron chi connectivity index (χ2n) is 5.88. The molecule has 3 N–H and O–H groups in total. The molecule has 2 heterocycles. The molecule has 2 amide bonds. The summed E-state index contributed by atoms with van der Waals surface area (Å²) in [7, 11) is 17.2. The van der Waals surface area contributed by atoms with E-state index in [-0.39, 0.29) is 28.8 Å². The van der Waals surface area contributed by atoms with Crippen LogP contribution in [-0.2, 0) is 9.59 Å². The highest BCUT2D eigenvalue weighted by Gasteiger charge is 2.41. The average molecular weight is 316 g/mol. The summed E-state index contributed by atoms with van der Waals surface area (Å²) >= 11 is 0. The summed E-state index contributed by atoms with van der Waals surface area (Å²) in [6.07, 6.45) is -0.242. The summed E-state index contributed by atoms with van der Waals surface area (Å²) in [5, 5.41) is 0.400. The van der Waals surface area contributed by atoms with Crippen LogP contribution in [0.25, 0.3) is 10.9 Å². The zero-order valence-corrected chi connectivity index (χ0v) is 12.9. The van der Waals surface area contributed by atoms with Gasteiger partial charge in [-0.05, 0) is 24.6 Å². The van der Waals surface area contributed by atoms with Gasteiger partial charge in [-0.25, -0.2) is 4.98 Å². The van der Waals surface area contributed by atoms with Crippen LogP contribution in [0.5, 0.6) is 0 Å². The molecule has 3 rings (SSSR count). The average Bonchev–Trinajstić information content (AvgIpc) is 2.48. The molecule has 0 aliphatic carbocycles. The number of nitrogens with one attached hydrogen (secondary N) is 1. The number of hydrogen-bond donors (Lipinski definition) is 2. The maximum absolute atomic E-state index is 12.9. The number of anilines is 1. The summed E-state index contributed by atoms with van der Waals surface area (Å²) in [5.74, 6) is -1.21. The smallest absolute Gasteiger partial charge is 0.264 e. The monoisotopic (exact) mass is 316 g/mol. The Morgan fingerprint density at radius 2 is 2.00 bits per heavy atom. The molecule has 24 heavy (non-hydrogen) atoms. The van der Waals surface area contributed by atoms with Gasteiger partial charge in [0.25, 0.3) is 5.56 Å². The van der Waals surface area contributed by atoms with Crippen LogP contribution in [0.1, 0.15) is 18.3 Å². The lowest BCUT2D eigenvalue weighted by molar-refractivity contribution is -0.136. The van der Waals surface area contributed by atoms with E-state index in [9.17, 15) is 14.4 Å². The quantitative estimate of drug-likeness (QED) is 0.364. The van der Waals surface area contributed by atoms with Gasteiger partial charge in [-0.15, -0.1) is 0 Å². The zero-order valence-electron chi connectivity index (χ0n) is 12.9. The molecule has 6 radical (unpaired) electrons. The third kappa shape index (κ3) is 2.33. The van der Waals surface area contributed by atoms with Crippen LogP contribution >= 0.6 is 0 Å². The molecule has 1 aliphatic rings. The van der Waals surface area contributed by atoms with Crippen molar-refractivity contribution in [3.8, 4) is 0 Å². The van der Waals surface area contributed by atoms with Crippen LogP contribution in [0, 0.1) is 6.92 Å². The van der Waals surface area contributed by atoms with Crippen molar-refractivity contribution in [2.45, 2.75) is 24.6 Å². The van der Waals surface area contributed by atoms with E-state index in [0.29, 0.717) is 5.52 Å². The minimum atomic E-state index is -1.78. The van der Waals surface area contributed by atoms with Gasteiger partial charge in [0.05, 0.1) is 26.6 Å². The van der Waals surface area contributed by atoms with Crippen molar-refractivity contribution >= 4 is 57.4 Å². The Bertz CT molecular complexity index is 954. The molecule has 0 spiro atoms. The van der Waals surface area contributed by atoms with Gasteiger partial charge in [-0.1, -0.05) is 11.5 Å². The minimum Gasteiger partial charge on any atom is -0.398 e. The van der Waals surface area contributed by atoms with E-state index >= 15 is 0 Å². The Morgan fingerprint density at radius 3 is 2.67 bits per heavy atom. The van der Waals surface area contributed by atoms with Crippen molar-refractivity contribution in [3.63, 3.8) is 0 Å². The van der Waals surface area contributed by atoms with Crippen LogP contribution in [-0.4, -0.2) is 44.9 Å². The highest BCUT2D eigenvalue weighted by molar-refractivity contribution is 6.52. The van der Waals surface area contributed by atoms with Crippen LogP contribution in [0.4, 0.5) is 5.69 Å². The topological polar surface area (TPSA) is 107 Å². The van der Waals surface area contributed by atoms with Gasteiger partial charge in [-0.3, -0.25) is 24.3 Å². The number of nitrogens with two attached hydrogens (primary N) is 1. The van der Waals surface area contributed by atoms with Crippen molar-refractivity contribution in [2.24, 2.45) is 0 Å². The molecular weight excluding hydrogens is 305 g/mol. The Morgan fingerprint density at radius 1 is 1.33 bits per heavy atom. The SMILES string of the molecule is [B]c1ccc2nc(C)n(C3CC([B])([B])C(=O)NC3=O)c(=O)c2c1N. The van der Waals surface area contributed by atoms with E-state index in [1.54, 1.807) is 19.1 Å². The minimum absolute atomic E-state index is 0.0813. The summed E-state index contributed by atoms with van der Waals surface area (Å²) in [6, 6.07) is 2.04. The third-order valence-electron chi connectivity index (χ3n) is 4.13. The lowest BCUT2D eigenvalue weighted by atomic mass is 9.50. The lowest BCUT2D eigenvalue weighted by Gasteiger charge is -2.35. The van der Waals surface area contributed by atoms with Crippen molar-refractivity contribution in [2.75, 3.05) is 5.73 Å². The molecule has 2 aromatic rings. The van der Waals surface area contributed by atoms with E-state index < -0.39 is 28.6 Å². The first-order chi connectivity index (χ1) is 11.1. The fraction of sp³-hybridized carbons (Fsp3) is 0.286. The Balaban J connectivity index is 2.27. The van der Waals surface area contributed by atoms with Gasteiger partial charge < -0.3 is 5.73 Å². The Labute approximate surface area is 141 Å². The molecule has 1 aromatic carbocycles. The number of rotatable bonds is 1. The predicted molar refractivity (Wildman–Crippen MR) is 91.5 cm³/mol. The molecule has 0 bridgehead atoms. The second kappa shape index (κ2) is 5.26. The van der Waals surface area contributed by atoms with Gasteiger partial charge in [-0.2, -0.15) is 0 Å². The zero-order chi connectivity index (χ0) is 17.8. The van der Waals surface area contributed by atoms with Crippen molar-refractivity contribution in [1.82, 2.24) is 14.9 Å². The van der Waals surface area contributed by atoms with Gasteiger partial charge in [0, 0.05) is 5.69 Å². The number of nitrogen functional groups attached to an aromatic ring is 1. The standard InChI is InChI=1S/C14H11B3N4O3/c1-5-19-7-3-2-6(15)10(18)9(7)12(23)21(5)8-4-14(16,17)13(24)20-11(8)22/h2-3,8H,4,18H2,1H3,(H,20,22,24). The van der Waals surface area contributed by atoms with Crippen molar-refractivity contribution < 1.29 is 9.59 Å². The molecule has 114 valence electrons. The first-order valence-corrected chi connectivity index (χ1v) is 7.13. The Kier molecular flexibility index (Phi) is 3.58. The summed E-state index contributed by atoms with van der Waals surface area (Å²) < 4.78 is 1.13. The van der Waals surface area contributed by atoms with Crippen molar-refractivity contribution in [3.05, 3.63) is 28.3 Å². The van der Waals surface area contributed by atoms with E-state index in [2.05, 4.69) is 10.3 Å². The van der Waals surface area contributed by atoms with Gasteiger partial charge in [0.15, 0.2) is 0 Å². The van der Waals surface area contributed by atoms with Crippen molar-refractivity contribution in [1.29, 1.82) is 0 Å². The third-order valence-corrected chi connectivity index (χ3v) is 4.13. The number of amides is 2. The number of imide groups is 1. The number of aromatic nitrogens is 2. The highest BCUT2D eigenvalue weighted by atomic mass is 16.2. The normalized spacial score (nSPS) is 20.1. The maximum Gasteiger partial charge on any atom is 0.264 e. The first kappa shape index (κ1) is 16.4. The predicted octanol–water partition coefficient (Wildman–Crippen LogP) is -1.88. The van der Waals surface area contributed by atoms with E-state index in [4.69, 9.17) is 29.3 Å². The van der Waals surface area contributed by atoms with Crippen LogP contribution < -0.4 is 22.1 Å². The number of piperidine rings is 1. The molecule has 1 saturated heterocycles. The molecule has 0 saturated carbocycles. The number of carbonyl (C=O) groups is 2. The van der Waals surface area contributed by atoms with Gasteiger partial charge >= 0.3 is 0 Å². The van der Waals surface area contributed by atoms with Crippen LogP contribution in [0.2, 0.25) is 5.21 Å². The van der Waals surface area contributed by atoms with Crippen LogP contribution in [0.3, 0.4) is 0 Å². The fourth-order valence-corrected chi connectivity index (χ4v) is 2.83. The summed E-state index contributed by atoms with van der Waals surface area (Å²) in [6.45, 7) is 1.56. The molecular formula is C14H11B3N4O3. The summed E-state index contributed by atoms with van der Waals surface area (Å²) in [4.78, 5) is 41.1. The first-order valence-electron chi connectivity index (χ1n) is 7.13. The van der Waals surface area contributed by atoms with E-state index in [1.165, 1.54) is 0 Å². The molecule has 1 atom stereocenters. The second-order valence-corrected chi connectivity index (χ2v) is 5.88. The largest absolute Gasteiger partial charge is 0.398 e. The molecule has 1 aromatic heterocycles. The van der Waals surface area contributed by atoms with Crippen LogP contribution in [0.15, 0.2) is 16.9 Å². The Hall–Kier alpha value is -2.51. The molecule has 7 nitrogen and oxygen atoms in total. The lowest BCUT2D eigenvalue weighted by Crippen LogP contribution is -2.52. The number of nitrogens with zero attached hydrogens (tertiary/aromatic N) is 2. The summed E-state index contributed by atoms with van der Waals surface area (Å²) in [5.41, 5.74) is 6.02. The number of aryl methyl sites for hydroxylation is 1. The molecule has 10 heteroatoms. The number of benzene rings is 1.